The molecule has 3 heteroatoms. The Bertz CT molecular complexity index is 553. The molecule has 1 N–H and O–H groups in total. The Morgan fingerprint density at radius 2 is 2.11 bits per heavy atom. The van der Waals surface area contributed by atoms with Crippen molar-refractivity contribution >= 4 is 21.6 Å². The second kappa shape index (κ2) is 4.63. The summed E-state index contributed by atoms with van der Waals surface area (Å²) in [6.07, 6.45) is 3.65. The average molecular weight is 260 g/mol. The van der Waals surface area contributed by atoms with Gasteiger partial charge in [-0.3, -0.25) is 0 Å². The molecular formula is C15H20N2S. The molecule has 0 atom stereocenters. The minimum atomic E-state index is 0.321. The van der Waals surface area contributed by atoms with Gasteiger partial charge in [0.2, 0.25) is 0 Å². The number of fused-ring (bicyclic) bond motifs is 1. The van der Waals surface area contributed by atoms with Gasteiger partial charge in [0.25, 0.3) is 0 Å². The van der Waals surface area contributed by atoms with E-state index in [2.05, 4.69) is 37.4 Å². The Morgan fingerprint density at radius 1 is 1.33 bits per heavy atom. The van der Waals surface area contributed by atoms with Crippen LogP contribution in [-0.4, -0.2) is 18.1 Å². The Morgan fingerprint density at radius 3 is 2.78 bits per heavy atom. The van der Waals surface area contributed by atoms with E-state index in [0.717, 1.165) is 13.1 Å². The van der Waals surface area contributed by atoms with Crippen molar-refractivity contribution in [3.63, 3.8) is 0 Å². The zero-order valence-electron chi connectivity index (χ0n) is 11.1. The highest BCUT2D eigenvalue weighted by Gasteiger charge is 2.35. The topological polar surface area (TPSA) is 24.9 Å². The Labute approximate surface area is 112 Å². The lowest BCUT2D eigenvalue weighted by atomic mass is 9.77. The van der Waals surface area contributed by atoms with Crippen LogP contribution < -0.4 is 5.32 Å². The number of hydrogen-bond acceptors (Lipinski definition) is 3. The summed E-state index contributed by atoms with van der Waals surface area (Å²) < 4.78 is 1.34. The molecule has 1 saturated heterocycles. The summed E-state index contributed by atoms with van der Waals surface area (Å²) >= 11 is 1.90. The van der Waals surface area contributed by atoms with Gasteiger partial charge in [0.1, 0.15) is 5.01 Å². The summed E-state index contributed by atoms with van der Waals surface area (Å²) in [4.78, 5) is 4.97. The van der Waals surface area contributed by atoms with Crippen molar-refractivity contribution in [1.82, 2.24) is 10.3 Å². The van der Waals surface area contributed by atoms with Crippen LogP contribution in [-0.2, 0) is 5.41 Å². The molecule has 0 amide bonds. The molecule has 96 valence electrons. The summed E-state index contributed by atoms with van der Waals surface area (Å²) in [5, 5.41) is 4.82. The normalized spacial score (nSPS) is 19.2. The average Bonchev–Trinajstić information content (AvgIpc) is 2.85. The lowest BCUT2D eigenvalue weighted by Gasteiger charge is -2.34. The van der Waals surface area contributed by atoms with Crippen molar-refractivity contribution in [2.75, 3.05) is 13.1 Å². The number of rotatable bonds is 2. The van der Waals surface area contributed by atoms with E-state index < -0.39 is 0 Å². The van der Waals surface area contributed by atoms with Crippen LogP contribution >= 0.6 is 11.3 Å². The molecule has 1 aromatic carbocycles. The number of para-hydroxylation sites is 1. The van der Waals surface area contributed by atoms with Crippen molar-refractivity contribution in [2.24, 2.45) is 0 Å². The van der Waals surface area contributed by atoms with Gasteiger partial charge in [-0.05, 0) is 50.9 Å². The number of aromatic nitrogens is 1. The Balaban J connectivity index is 2.09. The highest BCUT2D eigenvalue weighted by Crippen LogP contribution is 2.40. The van der Waals surface area contributed by atoms with Crippen LogP contribution in [0.3, 0.4) is 0 Å². The van der Waals surface area contributed by atoms with E-state index in [1.165, 1.54) is 40.1 Å². The van der Waals surface area contributed by atoms with Crippen LogP contribution in [0.25, 0.3) is 10.2 Å². The third-order valence-corrected chi connectivity index (χ3v) is 5.58. The number of nitrogens with zero attached hydrogens (tertiary/aromatic N) is 1. The quantitative estimate of drug-likeness (QED) is 0.892. The van der Waals surface area contributed by atoms with Gasteiger partial charge in [-0.2, -0.15) is 0 Å². The molecule has 1 aromatic heterocycles. The first-order chi connectivity index (χ1) is 8.75. The van der Waals surface area contributed by atoms with Crippen molar-refractivity contribution in [1.29, 1.82) is 0 Å². The number of aryl methyl sites for hydroxylation is 1. The van der Waals surface area contributed by atoms with Crippen LogP contribution in [0, 0.1) is 6.92 Å². The maximum absolute atomic E-state index is 4.97. The summed E-state index contributed by atoms with van der Waals surface area (Å²) in [6.45, 7) is 6.72. The molecular weight excluding hydrogens is 240 g/mol. The first-order valence-corrected chi connectivity index (χ1v) is 7.64. The number of piperidine rings is 1. The van der Waals surface area contributed by atoms with Gasteiger partial charge in [0.05, 0.1) is 10.2 Å². The SMILES string of the molecule is CCC1(c2nc3c(C)cccc3s2)CCNCC1. The third-order valence-electron chi connectivity index (χ3n) is 4.31. The van der Waals surface area contributed by atoms with Gasteiger partial charge in [-0.15, -0.1) is 11.3 Å². The number of hydrogen-bond donors (Lipinski definition) is 1. The zero-order chi connectivity index (χ0) is 12.6. The number of benzene rings is 1. The number of thiazole rings is 1. The molecule has 18 heavy (non-hydrogen) atoms. The second-order valence-electron chi connectivity index (χ2n) is 5.32. The highest BCUT2D eigenvalue weighted by atomic mass is 32.1. The predicted molar refractivity (Wildman–Crippen MR) is 78.4 cm³/mol. The van der Waals surface area contributed by atoms with Gasteiger partial charge in [0.15, 0.2) is 0 Å². The molecule has 1 fully saturated rings. The molecule has 2 heterocycles. The summed E-state index contributed by atoms with van der Waals surface area (Å²) in [7, 11) is 0. The van der Waals surface area contributed by atoms with Crippen molar-refractivity contribution < 1.29 is 0 Å². The minimum absolute atomic E-state index is 0.321. The number of nitrogens with one attached hydrogen (secondary N) is 1. The van der Waals surface area contributed by atoms with Gasteiger partial charge >= 0.3 is 0 Å². The fourth-order valence-electron chi connectivity index (χ4n) is 2.94. The first-order valence-electron chi connectivity index (χ1n) is 6.82. The van der Waals surface area contributed by atoms with Crippen molar-refractivity contribution in [3.8, 4) is 0 Å². The predicted octanol–water partition coefficient (Wildman–Crippen LogP) is 3.64. The molecule has 3 rings (SSSR count). The van der Waals surface area contributed by atoms with E-state index in [1.807, 2.05) is 11.3 Å². The first kappa shape index (κ1) is 12.1. The van der Waals surface area contributed by atoms with Gasteiger partial charge in [0, 0.05) is 5.41 Å². The zero-order valence-corrected chi connectivity index (χ0v) is 11.9. The fraction of sp³-hybridized carbons (Fsp3) is 0.533. The maximum Gasteiger partial charge on any atom is 0.100 e. The Kier molecular flexibility index (Phi) is 3.12. The summed E-state index contributed by atoms with van der Waals surface area (Å²) in [6, 6.07) is 6.50. The van der Waals surface area contributed by atoms with Gasteiger partial charge in [-0.1, -0.05) is 19.1 Å². The summed E-state index contributed by atoms with van der Waals surface area (Å²) in [5.41, 5.74) is 2.83. The largest absolute Gasteiger partial charge is 0.317 e. The fourth-order valence-corrected chi connectivity index (χ4v) is 4.30. The molecule has 0 aliphatic carbocycles. The van der Waals surface area contributed by atoms with Gasteiger partial charge < -0.3 is 5.32 Å². The maximum atomic E-state index is 4.97. The summed E-state index contributed by atoms with van der Waals surface area (Å²) in [5.74, 6) is 0. The van der Waals surface area contributed by atoms with Gasteiger partial charge in [-0.25, -0.2) is 4.98 Å². The molecule has 0 bridgehead atoms. The molecule has 0 radical (unpaired) electrons. The standard InChI is InChI=1S/C15H20N2S/c1-3-15(7-9-16-10-8-15)14-17-13-11(2)5-4-6-12(13)18-14/h4-6,16H,3,7-10H2,1-2H3. The van der Waals surface area contributed by atoms with Crippen LogP contribution in [0.2, 0.25) is 0 Å². The van der Waals surface area contributed by atoms with E-state index in [1.54, 1.807) is 0 Å². The molecule has 1 aliphatic heterocycles. The lowest BCUT2D eigenvalue weighted by Crippen LogP contribution is -2.39. The molecule has 1 aliphatic rings. The smallest absolute Gasteiger partial charge is 0.100 e. The third kappa shape index (κ3) is 1.86. The van der Waals surface area contributed by atoms with Crippen LogP contribution in [0.4, 0.5) is 0 Å². The van der Waals surface area contributed by atoms with Crippen LogP contribution in [0.15, 0.2) is 18.2 Å². The van der Waals surface area contributed by atoms with E-state index in [9.17, 15) is 0 Å². The van der Waals surface area contributed by atoms with Crippen LogP contribution in [0.1, 0.15) is 36.8 Å². The van der Waals surface area contributed by atoms with Crippen molar-refractivity contribution in [3.05, 3.63) is 28.8 Å². The second-order valence-corrected chi connectivity index (χ2v) is 6.36. The van der Waals surface area contributed by atoms with E-state index in [-0.39, 0.29) is 0 Å². The minimum Gasteiger partial charge on any atom is -0.317 e. The van der Waals surface area contributed by atoms with E-state index in [0.29, 0.717) is 5.41 Å². The molecule has 2 nitrogen and oxygen atoms in total. The van der Waals surface area contributed by atoms with Crippen LogP contribution in [0.5, 0.6) is 0 Å². The lowest BCUT2D eigenvalue weighted by molar-refractivity contribution is 0.297. The highest BCUT2D eigenvalue weighted by molar-refractivity contribution is 7.18. The monoisotopic (exact) mass is 260 g/mol. The Hall–Kier alpha value is -0.930. The molecule has 0 spiro atoms. The van der Waals surface area contributed by atoms with E-state index in [4.69, 9.17) is 4.98 Å². The molecule has 0 unspecified atom stereocenters. The molecule has 2 aromatic rings. The van der Waals surface area contributed by atoms with Crippen molar-refractivity contribution in [2.45, 2.75) is 38.5 Å². The van der Waals surface area contributed by atoms with E-state index >= 15 is 0 Å². The molecule has 0 saturated carbocycles.